The van der Waals surface area contributed by atoms with Gasteiger partial charge >= 0.3 is 0 Å². The summed E-state index contributed by atoms with van der Waals surface area (Å²) in [6, 6.07) is 11.7. The van der Waals surface area contributed by atoms with Crippen LogP contribution in [0, 0.1) is 0 Å². The predicted octanol–water partition coefficient (Wildman–Crippen LogP) is 3.91. The Hall–Kier alpha value is -1.58. The average molecular weight is 306 g/mol. The molecular weight excluding hydrogens is 293 g/mol. The second-order valence-corrected chi connectivity index (χ2v) is 5.32. The third-order valence-electron chi connectivity index (χ3n) is 3.15. The monoisotopic (exact) mass is 305 g/mol. The number of alkyl halides is 1. The zero-order valence-electron chi connectivity index (χ0n) is 10.8. The van der Waals surface area contributed by atoms with Crippen molar-refractivity contribution in [3.05, 3.63) is 59.1 Å². The van der Waals surface area contributed by atoms with Crippen LogP contribution in [0.3, 0.4) is 0 Å². The first-order valence-corrected chi connectivity index (χ1v) is 7.30. The Morgan fingerprint density at radius 2 is 2.05 bits per heavy atom. The number of imidazole rings is 1. The molecule has 20 heavy (non-hydrogen) atoms. The Bertz CT molecular complexity index is 723. The van der Waals surface area contributed by atoms with E-state index in [2.05, 4.69) is 14.5 Å². The van der Waals surface area contributed by atoms with Crippen molar-refractivity contribution in [3.8, 4) is 0 Å². The number of halogens is 2. The Labute approximate surface area is 127 Å². The maximum absolute atomic E-state index is 6.03. The van der Waals surface area contributed by atoms with Gasteiger partial charge < -0.3 is 4.57 Å². The topological polar surface area (TPSA) is 30.7 Å². The van der Waals surface area contributed by atoms with Crippen molar-refractivity contribution in [2.45, 2.75) is 13.0 Å². The van der Waals surface area contributed by atoms with Crippen LogP contribution in [-0.4, -0.2) is 20.4 Å². The molecular formula is C15H13Cl2N3. The fourth-order valence-corrected chi connectivity index (χ4v) is 2.59. The molecule has 0 saturated carbocycles. The van der Waals surface area contributed by atoms with Crippen molar-refractivity contribution < 1.29 is 0 Å². The molecule has 2 aromatic heterocycles. The van der Waals surface area contributed by atoms with Crippen LogP contribution in [0.1, 0.15) is 11.5 Å². The molecule has 0 unspecified atom stereocenters. The molecule has 3 aromatic rings. The number of rotatable bonds is 4. The van der Waals surface area contributed by atoms with E-state index in [-0.39, 0.29) is 0 Å². The lowest BCUT2D eigenvalue weighted by Gasteiger charge is -2.08. The minimum Gasteiger partial charge on any atom is -0.322 e. The Kier molecular flexibility index (Phi) is 3.90. The predicted molar refractivity (Wildman–Crippen MR) is 82.5 cm³/mol. The van der Waals surface area contributed by atoms with Crippen LogP contribution in [0.5, 0.6) is 0 Å². The van der Waals surface area contributed by atoms with Crippen LogP contribution in [0.25, 0.3) is 11.0 Å². The van der Waals surface area contributed by atoms with Gasteiger partial charge in [0, 0.05) is 23.5 Å². The van der Waals surface area contributed by atoms with Gasteiger partial charge in [-0.1, -0.05) is 17.7 Å². The van der Waals surface area contributed by atoms with Gasteiger partial charge in [0.25, 0.3) is 0 Å². The second-order valence-electron chi connectivity index (χ2n) is 4.51. The smallest absolute Gasteiger partial charge is 0.111 e. The standard InChI is InChI=1S/C15H13Cl2N3/c16-7-6-15-19-13-9-11(17)4-5-14(13)20(15)10-12-3-1-2-8-18-12/h1-5,8-9H,6-7,10H2. The molecule has 0 amide bonds. The molecule has 0 aliphatic rings. The van der Waals surface area contributed by atoms with E-state index in [1.807, 2.05) is 36.4 Å². The Morgan fingerprint density at radius 1 is 1.15 bits per heavy atom. The molecule has 0 fully saturated rings. The number of hydrogen-bond acceptors (Lipinski definition) is 2. The summed E-state index contributed by atoms with van der Waals surface area (Å²) in [6.45, 7) is 0.686. The molecule has 0 atom stereocenters. The van der Waals surface area contributed by atoms with E-state index in [0.717, 1.165) is 29.0 Å². The van der Waals surface area contributed by atoms with Crippen LogP contribution in [0.15, 0.2) is 42.6 Å². The number of fused-ring (bicyclic) bond motifs is 1. The summed E-state index contributed by atoms with van der Waals surface area (Å²) in [7, 11) is 0. The lowest BCUT2D eigenvalue weighted by molar-refractivity contribution is 0.738. The van der Waals surface area contributed by atoms with E-state index >= 15 is 0 Å². The molecule has 1 aromatic carbocycles. The molecule has 0 aliphatic carbocycles. The minimum absolute atomic E-state index is 0.541. The number of benzene rings is 1. The van der Waals surface area contributed by atoms with Crippen LogP contribution in [-0.2, 0) is 13.0 Å². The third-order valence-corrected chi connectivity index (χ3v) is 3.58. The van der Waals surface area contributed by atoms with Gasteiger partial charge in [0.05, 0.1) is 23.3 Å². The molecule has 0 radical (unpaired) electrons. The summed E-state index contributed by atoms with van der Waals surface area (Å²) in [6.07, 6.45) is 2.52. The van der Waals surface area contributed by atoms with E-state index in [1.54, 1.807) is 6.20 Å². The fourth-order valence-electron chi connectivity index (χ4n) is 2.26. The van der Waals surface area contributed by atoms with Gasteiger partial charge in [0.15, 0.2) is 0 Å². The molecule has 0 bridgehead atoms. The maximum atomic E-state index is 6.03. The van der Waals surface area contributed by atoms with Crippen LogP contribution < -0.4 is 0 Å². The average Bonchev–Trinajstić information content (AvgIpc) is 2.77. The summed E-state index contributed by atoms with van der Waals surface area (Å²) in [5.74, 6) is 1.50. The normalized spacial score (nSPS) is 11.1. The van der Waals surface area contributed by atoms with Gasteiger partial charge in [-0.2, -0.15) is 0 Å². The number of hydrogen-bond donors (Lipinski definition) is 0. The van der Waals surface area contributed by atoms with E-state index in [9.17, 15) is 0 Å². The molecule has 0 saturated heterocycles. The van der Waals surface area contributed by atoms with Crippen molar-refractivity contribution in [1.82, 2.24) is 14.5 Å². The summed E-state index contributed by atoms with van der Waals surface area (Å²) < 4.78 is 2.15. The van der Waals surface area contributed by atoms with Crippen molar-refractivity contribution in [2.24, 2.45) is 0 Å². The van der Waals surface area contributed by atoms with E-state index < -0.39 is 0 Å². The van der Waals surface area contributed by atoms with Gasteiger partial charge in [-0.05, 0) is 30.3 Å². The van der Waals surface area contributed by atoms with Crippen molar-refractivity contribution in [3.63, 3.8) is 0 Å². The Balaban J connectivity index is 2.09. The summed E-state index contributed by atoms with van der Waals surface area (Å²) >= 11 is 11.9. The van der Waals surface area contributed by atoms with E-state index in [1.165, 1.54) is 0 Å². The van der Waals surface area contributed by atoms with Gasteiger partial charge in [-0.25, -0.2) is 4.98 Å². The summed E-state index contributed by atoms with van der Waals surface area (Å²) in [5.41, 5.74) is 2.95. The van der Waals surface area contributed by atoms with Crippen LogP contribution in [0.4, 0.5) is 0 Å². The number of pyridine rings is 1. The quantitative estimate of drug-likeness (QED) is 0.684. The van der Waals surface area contributed by atoms with Crippen molar-refractivity contribution >= 4 is 34.2 Å². The van der Waals surface area contributed by atoms with Crippen LogP contribution >= 0.6 is 23.2 Å². The highest BCUT2D eigenvalue weighted by Gasteiger charge is 2.11. The highest BCUT2D eigenvalue weighted by Crippen LogP contribution is 2.22. The number of aromatic nitrogens is 3. The van der Waals surface area contributed by atoms with Crippen molar-refractivity contribution in [1.29, 1.82) is 0 Å². The van der Waals surface area contributed by atoms with Gasteiger partial charge in [-0.3, -0.25) is 4.98 Å². The van der Waals surface area contributed by atoms with Crippen molar-refractivity contribution in [2.75, 3.05) is 5.88 Å². The first kappa shape index (κ1) is 13.4. The fraction of sp³-hybridized carbons (Fsp3) is 0.200. The highest BCUT2D eigenvalue weighted by atomic mass is 35.5. The highest BCUT2D eigenvalue weighted by molar-refractivity contribution is 6.31. The molecule has 3 nitrogen and oxygen atoms in total. The van der Waals surface area contributed by atoms with E-state index in [0.29, 0.717) is 17.4 Å². The van der Waals surface area contributed by atoms with Crippen LogP contribution in [0.2, 0.25) is 5.02 Å². The van der Waals surface area contributed by atoms with Gasteiger partial charge in [0.1, 0.15) is 5.82 Å². The van der Waals surface area contributed by atoms with Gasteiger partial charge in [-0.15, -0.1) is 11.6 Å². The molecule has 102 valence electrons. The number of aryl methyl sites for hydroxylation is 1. The lowest BCUT2D eigenvalue weighted by atomic mass is 10.3. The molecule has 0 aliphatic heterocycles. The third kappa shape index (κ3) is 2.65. The number of nitrogens with zero attached hydrogens (tertiary/aromatic N) is 3. The summed E-state index contributed by atoms with van der Waals surface area (Å²) in [4.78, 5) is 9.00. The molecule has 0 N–H and O–H groups in total. The van der Waals surface area contributed by atoms with E-state index in [4.69, 9.17) is 23.2 Å². The minimum atomic E-state index is 0.541. The molecule has 5 heteroatoms. The zero-order chi connectivity index (χ0) is 13.9. The first-order chi connectivity index (χ1) is 9.78. The SMILES string of the molecule is ClCCc1nc2cc(Cl)ccc2n1Cc1ccccn1. The second kappa shape index (κ2) is 5.81. The molecule has 2 heterocycles. The first-order valence-electron chi connectivity index (χ1n) is 6.38. The molecule has 3 rings (SSSR count). The largest absolute Gasteiger partial charge is 0.322 e. The maximum Gasteiger partial charge on any atom is 0.111 e. The summed E-state index contributed by atoms with van der Waals surface area (Å²) in [5, 5.41) is 0.692. The lowest BCUT2D eigenvalue weighted by Crippen LogP contribution is -2.07. The Morgan fingerprint density at radius 3 is 2.80 bits per heavy atom. The molecule has 0 spiro atoms. The van der Waals surface area contributed by atoms with Gasteiger partial charge in [0.2, 0.25) is 0 Å². The zero-order valence-corrected chi connectivity index (χ0v) is 12.3.